The predicted octanol–water partition coefficient (Wildman–Crippen LogP) is 7.04. The fourth-order valence-electron chi connectivity index (χ4n) is 3.75. The summed E-state index contributed by atoms with van der Waals surface area (Å²) in [5.41, 5.74) is 0.886. The first-order valence-electron chi connectivity index (χ1n) is 10.7. The number of halogens is 6. The van der Waals surface area contributed by atoms with E-state index in [0.29, 0.717) is 11.3 Å². The van der Waals surface area contributed by atoms with Crippen molar-refractivity contribution in [2.45, 2.75) is 44.4 Å². The van der Waals surface area contributed by atoms with Crippen LogP contribution in [0.15, 0.2) is 54.6 Å². The third-order valence-corrected chi connectivity index (χ3v) is 5.12. The van der Waals surface area contributed by atoms with E-state index in [-0.39, 0.29) is 23.5 Å². The summed E-state index contributed by atoms with van der Waals surface area (Å²) in [7, 11) is 0. The molecule has 2 aromatic carbocycles. The molecule has 0 saturated heterocycles. The van der Waals surface area contributed by atoms with Crippen LogP contribution in [-0.4, -0.2) is 28.7 Å². The van der Waals surface area contributed by atoms with Gasteiger partial charge in [-0.15, -0.1) is 26.3 Å². The summed E-state index contributed by atoms with van der Waals surface area (Å²) >= 11 is 0. The van der Waals surface area contributed by atoms with E-state index >= 15 is 0 Å². The molecule has 0 unspecified atom stereocenters. The van der Waals surface area contributed by atoms with Gasteiger partial charge < -0.3 is 20.1 Å². The van der Waals surface area contributed by atoms with Crippen LogP contribution in [0.4, 0.5) is 43.8 Å². The maximum absolute atomic E-state index is 12.7. The minimum Gasteiger partial charge on any atom is -0.406 e. The Balaban J connectivity index is 1.65. The van der Waals surface area contributed by atoms with E-state index in [9.17, 15) is 26.3 Å². The van der Waals surface area contributed by atoms with Gasteiger partial charge in [0.25, 0.3) is 0 Å². The van der Waals surface area contributed by atoms with Crippen LogP contribution in [-0.2, 0) is 0 Å². The maximum Gasteiger partial charge on any atom is 0.573 e. The molecule has 1 heterocycles. The zero-order chi connectivity index (χ0) is 25.1. The highest BCUT2D eigenvalue weighted by atomic mass is 19.4. The van der Waals surface area contributed by atoms with Crippen molar-refractivity contribution in [2.24, 2.45) is 0 Å². The number of nitrogens with one attached hydrogen (secondary N) is 2. The van der Waals surface area contributed by atoms with Gasteiger partial charge in [0.05, 0.1) is 5.69 Å². The van der Waals surface area contributed by atoms with Crippen LogP contribution in [0.5, 0.6) is 11.5 Å². The Morgan fingerprint density at radius 1 is 0.771 bits per heavy atom. The molecule has 1 aliphatic rings. The molecule has 1 aliphatic carbocycles. The van der Waals surface area contributed by atoms with E-state index in [4.69, 9.17) is 0 Å². The highest BCUT2D eigenvalue weighted by Gasteiger charge is 2.32. The van der Waals surface area contributed by atoms with Crippen molar-refractivity contribution < 1.29 is 35.8 Å². The van der Waals surface area contributed by atoms with Gasteiger partial charge in [0.1, 0.15) is 17.3 Å². The van der Waals surface area contributed by atoms with Crippen molar-refractivity contribution in [3.05, 3.63) is 54.6 Å². The molecule has 6 nitrogen and oxygen atoms in total. The number of hydrogen-bond donors (Lipinski definition) is 2. The Hall–Kier alpha value is -3.70. The van der Waals surface area contributed by atoms with Crippen LogP contribution in [0.3, 0.4) is 0 Å². The van der Waals surface area contributed by atoms with Crippen molar-refractivity contribution >= 4 is 17.5 Å². The molecule has 35 heavy (non-hydrogen) atoms. The molecule has 1 fully saturated rings. The van der Waals surface area contributed by atoms with Gasteiger partial charge in [0.15, 0.2) is 0 Å². The summed E-state index contributed by atoms with van der Waals surface area (Å²) in [6.45, 7) is 0. The monoisotopic (exact) mass is 498 g/mol. The standard InChI is InChI=1S/C23H20F6N4O2/c24-22(25,26)34-17-9-3-5-14(11-17)19-13-20(33-21(32-19)31-15-6-1-2-7-15)30-16-8-4-10-18(12-16)35-23(27,28)29/h3-5,8-13,15H,1-2,6-7H2,(H2,30,31,32,33). The lowest BCUT2D eigenvalue weighted by molar-refractivity contribution is -0.275. The largest absolute Gasteiger partial charge is 0.573 e. The Kier molecular flexibility index (Phi) is 6.90. The number of rotatable bonds is 7. The van der Waals surface area contributed by atoms with Gasteiger partial charge in [-0.05, 0) is 37.1 Å². The number of aromatic nitrogens is 2. The molecule has 0 aliphatic heterocycles. The molecule has 12 heteroatoms. The first-order valence-corrected chi connectivity index (χ1v) is 10.7. The molecule has 1 saturated carbocycles. The highest BCUT2D eigenvalue weighted by Crippen LogP contribution is 2.31. The topological polar surface area (TPSA) is 68.3 Å². The fraction of sp³-hybridized carbons (Fsp3) is 0.304. The molecule has 2 N–H and O–H groups in total. The van der Waals surface area contributed by atoms with Crippen molar-refractivity contribution in [2.75, 3.05) is 10.6 Å². The smallest absolute Gasteiger partial charge is 0.406 e. The second kappa shape index (κ2) is 9.88. The second-order valence-corrected chi connectivity index (χ2v) is 7.86. The van der Waals surface area contributed by atoms with Gasteiger partial charge in [-0.2, -0.15) is 4.98 Å². The van der Waals surface area contributed by atoms with E-state index < -0.39 is 24.2 Å². The van der Waals surface area contributed by atoms with Crippen LogP contribution < -0.4 is 20.1 Å². The van der Waals surface area contributed by atoms with Crippen molar-refractivity contribution in [3.63, 3.8) is 0 Å². The van der Waals surface area contributed by atoms with E-state index in [1.807, 2.05) is 0 Å². The summed E-state index contributed by atoms with van der Waals surface area (Å²) in [5, 5.41) is 6.13. The lowest BCUT2D eigenvalue weighted by atomic mass is 10.1. The van der Waals surface area contributed by atoms with Gasteiger partial charge in [0, 0.05) is 29.4 Å². The van der Waals surface area contributed by atoms with E-state index in [1.165, 1.54) is 36.4 Å². The van der Waals surface area contributed by atoms with Crippen molar-refractivity contribution in [1.82, 2.24) is 9.97 Å². The predicted molar refractivity (Wildman–Crippen MR) is 116 cm³/mol. The molecular formula is C23H20F6N4O2. The summed E-state index contributed by atoms with van der Waals surface area (Å²) in [4.78, 5) is 8.84. The average Bonchev–Trinajstić information content (AvgIpc) is 3.24. The van der Waals surface area contributed by atoms with Gasteiger partial charge in [-0.1, -0.05) is 31.0 Å². The zero-order valence-corrected chi connectivity index (χ0v) is 18.1. The van der Waals surface area contributed by atoms with E-state index in [2.05, 4.69) is 30.1 Å². The molecule has 0 atom stereocenters. The van der Waals surface area contributed by atoms with Crippen molar-refractivity contribution in [3.8, 4) is 22.8 Å². The molecule has 0 radical (unpaired) electrons. The number of hydrogen-bond acceptors (Lipinski definition) is 6. The second-order valence-electron chi connectivity index (χ2n) is 7.86. The summed E-state index contributed by atoms with van der Waals surface area (Å²) < 4.78 is 83.6. The molecule has 0 amide bonds. The van der Waals surface area contributed by atoms with Gasteiger partial charge in [0.2, 0.25) is 5.95 Å². The lowest BCUT2D eigenvalue weighted by Crippen LogP contribution is -2.18. The van der Waals surface area contributed by atoms with Crippen LogP contribution in [0.1, 0.15) is 25.7 Å². The zero-order valence-electron chi connectivity index (χ0n) is 18.1. The van der Waals surface area contributed by atoms with Gasteiger partial charge in [-0.25, -0.2) is 4.98 Å². The van der Waals surface area contributed by atoms with Crippen LogP contribution in [0, 0.1) is 0 Å². The summed E-state index contributed by atoms with van der Waals surface area (Å²) in [5.74, 6) is -0.368. The fourth-order valence-corrected chi connectivity index (χ4v) is 3.75. The van der Waals surface area contributed by atoms with Gasteiger partial charge >= 0.3 is 12.7 Å². The molecule has 4 rings (SSSR count). The molecule has 3 aromatic rings. The Morgan fingerprint density at radius 2 is 1.40 bits per heavy atom. The van der Waals surface area contributed by atoms with Gasteiger partial charge in [-0.3, -0.25) is 0 Å². The summed E-state index contributed by atoms with van der Waals surface area (Å²) in [6, 6.07) is 12.1. The number of nitrogens with zero attached hydrogens (tertiary/aromatic N) is 2. The SMILES string of the molecule is FC(F)(F)Oc1cccc(Nc2cc(-c3cccc(OC(F)(F)F)c3)nc(NC3CCCC3)n2)c1. The third kappa shape index (κ3) is 7.39. The minimum absolute atomic E-state index is 0.140. The third-order valence-electron chi connectivity index (χ3n) is 5.12. The Bertz CT molecular complexity index is 1160. The van der Waals surface area contributed by atoms with E-state index in [0.717, 1.165) is 37.8 Å². The van der Waals surface area contributed by atoms with Crippen LogP contribution in [0.2, 0.25) is 0 Å². The highest BCUT2D eigenvalue weighted by molar-refractivity contribution is 5.68. The number of ether oxygens (including phenoxy) is 2. The Labute approximate surface area is 196 Å². The van der Waals surface area contributed by atoms with Crippen LogP contribution >= 0.6 is 0 Å². The molecule has 186 valence electrons. The van der Waals surface area contributed by atoms with Crippen LogP contribution in [0.25, 0.3) is 11.3 Å². The quantitative estimate of drug-likeness (QED) is 0.341. The maximum atomic E-state index is 12.7. The molecule has 1 aromatic heterocycles. The number of alkyl halides is 6. The minimum atomic E-state index is -4.85. The number of anilines is 3. The number of benzene rings is 2. The Morgan fingerprint density at radius 3 is 2.06 bits per heavy atom. The van der Waals surface area contributed by atoms with E-state index in [1.54, 1.807) is 6.07 Å². The lowest BCUT2D eigenvalue weighted by Gasteiger charge is -2.16. The average molecular weight is 498 g/mol. The first kappa shape index (κ1) is 24.4. The normalized spacial score (nSPS) is 14.6. The summed E-state index contributed by atoms with van der Waals surface area (Å²) in [6.07, 6.45) is -5.76. The molecule has 0 bridgehead atoms. The van der Waals surface area contributed by atoms with Crippen molar-refractivity contribution in [1.29, 1.82) is 0 Å². The first-order chi connectivity index (χ1) is 16.5. The molecular weight excluding hydrogens is 478 g/mol. The molecule has 0 spiro atoms.